The van der Waals surface area contributed by atoms with E-state index in [0.29, 0.717) is 29.7 Å². The summed E-state index contributed by atoms with van der Waals surface area (Å²) < 4.78 is 11.1. The van der Waals surface area contributed by atoms with Crippen LogP contribution in [0.25, 0.3) is 22.6 Å². The third-order valence-corrected chi connectivity index (χ3v) is 5.34. The molecule has 4 aromatic rings. The van der Waals surface area contributed by atoms with E-state index >= 15 is 0 Å². The molecule has 0 aliphatic carbocycles. The smallest absolute Gasteiger partial charge is 0.278 e. The van der Waals surface area contributed by atoms with Crippen molar-refractivity contribution in [3.8, 4) is 17.3 Å². The van der Waals surface area contributed by atoms with Crippen molar-refractivity contribution in [1.29, 1.82) is 0 Å². The summed E-state index contributed by atoms with van der Waals surface area (Å²) in [4.78, 5) is 28.2. The fourth-order valence-corrected chi connectivity index (χ4v) is 3.78. The van der Waals surface area contributed by atoms with E-state index in [2.05, 4.69) is 20.1 Å². The first-order valence-electron chi connectivity index (χ1n) is 10.3. The van der Waals surface area contributed by atoms with Crippen LogP contribution in [0.15, 0.2) is 65.3 Å². The molecule has 3 heterocycles. The summed E-state index contributed by atoms with van der Waals surface area (Å²) in [6.07, 6.45) is 4.33. The van der Waals surface area contributed by atoms with Crippen LogP contribution in [-0.4, -0.2) is 44.1 Å². The Labute approximate surface area is 178 Å². The topological polar surface area (TPSA) is 94.2 Å². The van der Waals surface area contributed by atoms with Crippen molar-refractivity contribution in [2.24, 2.45) is 0 Å². The van der Waals surface area contributed by atoms with Gasteiger partial charge in [-0.25, -0.2) is 4.98 Å². The Hall–Kier alpha value is -3.81. The van der Waals surface area contributed by atoms with Crippen LogP contribution in [0.5, 0.6) is 5.75 Å². The van der Waals surface area contributed by atoms with Gasteiger partial charge in [0.15, 0.2) is 12.4 Å². The average Bonchev–Trinajstić information content (AvgIpc) is 3.33. The van der Waals surface area contributed by atoms with Crippen molar-refractivity contribution in [2.75, 3.05) is 13.2 Å². The molecule has 0 radical (unpaired) electrons. The third kappa shape index (κ3) is 4.09. The SMILES string of the molecule is O=C(COc1ccccc1)N1CCCCC1c1noc(-c2cnc3ccccc3n2)n1. The van der Waals surface area contributed by atoms with Gasteiger partial charge in [0.25, 0.3) is 11.8 Å². The van der Waals surface area contributed by atoms with E-state index in [9.17, 15) is 4.79 Å². The van der Waals surface area contributed by atoms with E-state index in [1.54, 1.807) is 11.1 Å². The van der Waals surface area contributed by atoms with Crippen LogP contribution in [0.4, 0.5) is 0 Å². The minimum atomic E-state index is -0.244. The zero-order valence-electron chi connectivity index (χ0n) is 16.8. The van der Waals surface area contributed by atoms with Crippen molar-refractivity contribution in [2.45, 2.75) is 25.3 Å². The summed E-state index contributed by atoms with van der Waals surface area (Å²) >= 11 is 0. The van der Waals surface area contributed by atoms with E-state index in [4.69, 9.17) is 9.26 Å². The molecule has 1 saturated heterocycles. The number of carbonyl (C=O) groups is 1. The van der Waals surface area contributed by atoms with Crippen LogP contribution < -0.4 is 4.74 Å². The predicted molar refractivity (Wildman–Crippen MR) is 113 cm³/mol. The Balaban J connectivity index is 1.34. The fourth-order valence-electron chi connectivity index (χ4n) is 3.78. The van der Waals surface area contributed by atoms with Gasteiger partial charge in [-0.3, -0.25) is 9.78 Å². The molecule has 0 spiro atoms. The number of likely N-dealkylation sites (tertiary alicyclic amines) is 1. The molecule has 5 rings (SSSR count). The van der Waals surface area contributed by atoms with Crippen LogP contribution in [0.1, 0.15) is 31.1 Å². The van der Waals surface area contributed by atoms with E-state index in [1.165, 1.54) is 0 Å². The van der Waals surface area contributed by atoms with Crippen molar-refractivity contribution in [1.82, 2.24) is 25.0 Å². The third-order valence-electron chi connectivity index (χ3n) is 5.34. The Morgan fingerprint density at radius 3 is 2.71 bits per heavy atom. The lowest BCUT2D eigenvalue weighted by atomic mass is 10.0. The first-order chi connectivity index (χ1) is 15.3. The molecule has 1 aliphatic heterocycles. The number of rotatable bonds is 5. The van der Waals surface area contributed by atoms with Crippen molar-refractivity contribution < 1.29 is 14.1 Å². The minimum absolute atomic E-state index is 0.0264. The number of hydrogen-bond donors (Lipinski definition) is 0. The van der Waals surface area contributed by atoms with Gasteiger partial charge in [0.05, 0.1) is 23.3 Å². The van der Waals surface area contributed by atoms with E-state index in [1.807, 2.05) is 54.6 Å². The highest BCUT2D eigenvalue weighted by molar-refractivity contribution is 5.78. The number of piperidine rings is 1. The first kappa shape index (κ1) is 19.2. The van der Waals surface area contributed by atoms with Gasteiger partial charge < -0.3 is 14.2 Å². The van der Waals surface area contributed by atoms with Gasteiger partial charge in [0, 0.05) is 6.54 Å². The molecule has 0 saturated carbocycles. The maximum Gasteiger partial charge on any atom is 0.278 e. The summed E-state index contributed by atoms with van der Waals surface area (Å²) in [6.45, 7) is 0.614. The highest BCUT2D eigenvalue weighted by Gasteiger charge is 2.32. The van der Waals surface area contributed by atoms with Gasteiger partial charge in [0.2, 0.25) is 0 Å². The lowest BCUT2D eigenvalue weighted by molar-refractivity contribution is -0.137. The molecule has 0 bridgehead atoms. The zero-order valence-corrected chi connectivity index (χ0v) is 16.8. The number of carbonyl (C=O) groups excluding carboxylic acids is 1. The molecule has 31 heavy (non-hydrogen) atoms. The van der Waals surface area contributed by atoms with Crippen LogP contribution in [0, 0.1) is 0 Å². The highest BCUT2D eigenvalue weighted by Crippen LogP contribution is 2.30. The molecule has 1 atom stereocenters. The van der Waals surface area contributed by atoms with Gasteiger partial charge in [0.1, 0.15) is 11.4 Å². The normalized spacial score (nSPS) is 16.4. The van der Waals surface area contributed by atoms with Crippen molar-refractivity contribution >= 4 is 16.9 Å². The van der Waals surface area contributed by atoms with E-state index in [0.717, 1.165) is 30.3 Å². The number of aromatic nitrogens is 4. The molecule has 156 valence electrons. The average molecular weight is 415 g/mol. The molecule has 8 nitrogen and oxygen atoms in total. The Morgan fingerprint density at radius 2 is 1.84 bits per heavy atom. The van der Waals surface area contributed by atoms with E-state index < -0.39 is 0 Å². The number of benzene rings is 2. The van der Waals surface area contributed by atoms with Crippen LogP contribution in [0.2, 0.25) is 0 Å². The number of hydrogen-bond acceptors (Lipinski definition) is 7. The molecule has 0 N–H and O–H groups in total. The lowest BCUT2D eigenvalue weighted by Gasteiger charge is -2.33. The monoisotopic (exact) mass is 415 g/mol. The van der Waals surface area contributed by atoms with Crippen LogP contribution >= 0.6 is 0 Å². The number of fused-ring (bicyclic) bond motifs is 1. The Bertz CT molecular complexity index is 1190. The van der Waals surface area contributed by atoms with Gasteiger partial charge in [-0.15, -0.1) is 0 Å². The zero-order chi connectivity index (χ0) is 21.0. The maximum atomic E-state index is 12.9. The molecule has 1 unspecified atom stereocenters. The number of para-hydroxylation sites is 3. The lowest BCUT2D eigenvalue weighted by Crippen LogP contribution is -2.41. The standard InChI is InChI=1S/C23H21N5O3/c29-21(15-30-16-8-2-1-3-9-16)28-13-7-6-12-20(28)22-26-23(31-27-22)19-14-24-17-10-4-5-11-18(17)25-19/h1-5,8-11,14,20H,6-7,12-13,15H2. The van der Waals surface area contributed by atoms with Gasteiger partial charge in [-0.05, 0) is 43.5 Å². The number of nitrogens with zero attached hydrogens (tertiary/aromatic N) is 5. The molecule has 1 amide bonds. The molecule has 1 aliphatic rings. The number of ether oxygens (including phenoxy) is 1. The van der Waals surface area contributed by atoms with Gasteiger partial charge >= 0.3 is 0 Å². The molecular weight excluding hydrogens is 394 g/mol. The summed E-state index contributed by atoms with van der Waals surface area (Å²) in [5.41, 5.74) is 2.07. The summed E-state index contributed by atoms with van der Waals surface area (Å²) in [7, 11) is 0. The second kappa shape index (κ2) is 8.51. The summed E-state index contributed by atoms with van der Waals surface area (Å²) in [5, 5.41) is 4.16. The second-order valence-corrected chi connectivity index (χ2v) is 7.40. The Morgan fingerprint density at radius 1 is 1.03 bits per heavy atom. The van der Waals surface area contributed by atoms with Crippen LogP contribution in [-0.2, 0) is 4.79 Å². The summed E-state index contributed by atoms with van der Waals surface area (Å²) in [5.74, 6) is 1.36. The molecular formula is C23H21N5O3. The Kier molecular flexibility index (Phi) is 5.26. The molecule has 2 aromatic heterocycles. The fraction of sp³-hybridized carbons (Fsp3) is 0.261. The van der Waals surface area contributed by atoms with E-state index in [-0.39, 0.29) is 18.6 Å². The van der Waals surface area contributed by atoms with Gasteiger partial charge in [-0.1, -0.05) is 35.5 Å². The largest absolute Gasteiger partial charge is 0.484 e. The number of amides is 1. The summed E-state index contributed by atoms with van der Waals surface area (Å²) in [6, 6.07) is 16.7. The van der Waals surface area contributed by atoms with Crippen molar-refractivity contribution in [3.63, 3.8) is 0 Å². The minimum Gasteiger partial charge on any atom is -0.484 e. The quantitative estimate of drug-likeness (QED) is 0.489. The molecule has 1 fully saturated rings. The molecule has 8 heteroatoms. The second-order valence-electron chi connectivity index (χ2n) is 7.40. The maximum absolute atomic E-state index is 12.9. The van der Waals surface area contributed by atoms with Crippen molar-refractivity contribution in [3.05, 3.63) is 66.6 Å². The highest BCUT2D eigenvalue weighted by atomic mass is 16.5. The van der Waals surface area contributed by atoms with Crippen LogP contribution in [0.3, 0.4) is 0 Å². The first-order valence-corrected chi connectivity index (χ1v) is 10.3. The predicted octanol–water partition coefficient (Wildman–Crippen LogP) is 3.81. The van der Waals surface area contributed by atoms with Gasteiger partial charge in [-0.2, -0.15) is 4.98 Å². The molecule has 2 aromatic carbocycles.